The third kappa shape index (κ3) is 2.46. The van der Waals surface area contributed by atoms with Crippen molar-refractivity contribution in [3.8, 4) is 5.75 Å². The lowest BCUT2D eigenvalue weighted by atomic mass is 9.70. The van der Waals surface area contributed by atoms with Gasteiger partial charge in [0.25, 0.3) is 0 Å². The number of ether oxygens (including phenoxy) is 1. The summed E-state index contributed by atoms with van der Waals surface area (Å²) in [5.74, 6) is 0.986. The molecule has 0 aromatic heterocycles. The molecule has 2 heteroatoms. The standard InChI is InChI=1S/C18H26O2/c1-17(2)12-14-11-13(7-8-15(14)20-17)16(19)18(3)9-5-4-6-10-18/h7-8,11,16,19H,4-6,9-10,12H2,1-3H3. The molecule has 20 heavy (non-hydrogen) atoms. The van der Waals surface area contributed by atoms with Gasteiger partial charge in [-0.15, -0.1) is 0 Å². The van der Waals surface area contributed by atoms with Crippen LogP contribution in [0.1, 0.15) is 70.1 Å². The van der Waals surface area contributed by atoms with Gasteiger partial charge in [0.15, 0.2) is 0 Å². The summed E-state index contributed by atoms with van der Waals surface area (Å²) in [7, 11) is 0. The lowest BCUT2D eigenvalue weighted by molar-refractivity contribution is 0.00815. The zero-order valence-electron chi connectivity index (χ0n) is 12.9. The smallest absolute Gasteiger partial charge is 0.123 e. The average Bonchev–Trinajstić information content (AvgIpc) is 2.71. The van der Waals surface area contributed by atoms with E-state index in [1.807, 2.05) is 12.1 Å². The van der Waals surface area contributed by atoms with Gasteiger partial charge in [-0.05, 0) is 55.4 Å². The molecular weight excluding hydrogens is 248 g/mol. The summed E-state index contributed by atoms with van der Waals surface area (Å²) in [6.07, 6.45) is 6.65. The number of aliphatic hydroxyl groups is 1. The van der Waals surface area contributed by atoms with Crippen LogP contribution in [-0.2, 0) is 6.42 Å². The van der Waals surface area contributed by atoms with E-state index in [4.69, 9.17) is 4.74 Å². The van der Waals surface area contributed by atoms with Gasteiger partial charge in [-0.3, -0.25) is 0 Å². The Hall–Kier alpha value is -1.02. The van der Waals surface area contributed by atoms with Crippen molar-refractivity contribution in [3.63, 3.8) is 0 Å². The van der Waals surface area contributed by atoms with E-state index in [0.29, 0.717) is 0 Å². The molecule has 1 aromatic carbocycles. The number of hydrogen-bond donors (Lipinski definition) is 1. The SMILES string of the molecule is CC1(C)Cc2cc(C(O)C3(C)CCCCC3)ccc2O1. The maximum Gasteiger partial charge on any atom is 0.123 e. The lowest BCUT2D eigenvalue weighted by Crippen LogP contribution is -2.28. The van der Waals surface area contributed by atoms with E-state index in [9.17, 15) is 5.11 Å². The molecule has 0 amide bonds. The Labute approximate surface area is 122 Å². The van der Waals surface area contributed by atoms with Gasteiger partial charge >= 0.3 is 0 Å². The van der Waals surface area contributed by atoms with Crippen LogP contribution in [0.4, 0.5) is 0 Å². The Morgan fingerprint density at radius 3 is 2.50 bits per heavy atom. The van der Waals surface area contributed by atoms with Crippen LogP contribution in [0.3, 0.4) is 0 Å². The minimum atomic E-state index is -0.350. The van der Waals surface area contributed by atoms with Crippen LogP contribution in [0.15, 0.2) is 18.2 Å². The van der Waals surface area contributed by atoms with Gasteiger partial charge in [-0.25, -0.2) is 0 Å². The molecule has 2 nitrogen and oxygen atoms in total. The van der Waals surface area contributed by atoms with Gasteiger partial charge in [0.1, 0.15) is 11.4 Å². The molecule has 1 fully saturated rings. The van der Waals surface area contributed by atoms with Crippen LogP contribution < -0.4 is 4.74 Å². The van der Waals surface area contributed by atoms with Gasteiger partial charge in [0.2, 0.25) is 0 Å². The van der Waals surface area contributed by atoms with Gasteiger partial charge in [-0.1, -0.05) is 32.3 Å². The average molecular weight is 274 g/mol. The van der Waals surface area contributed by atoms with Crippen LogP contribution in [0, 0.1) is 5.41 Å². The summed E-state index contributed by atoms with van der Waals surface area (Å²) < 4.78 is 5.92. The maximum absolute atomic E-state index is 10.8. The molecule has 1 heterocycles. The number of hydrogen-bond acceptors (Lipinski definition) is 2. The normalized spacial score (nSPS) is 24.8. The molecule has 1 aromatic rings. The summed E-state index contributed by atoms with van der Waals surface area (Å²) in [5, 5.41) is 10.8. The van der Waals surface area contributed by atoms with Crippen molar-refractivity contribution in [2.45, 2.75) is 71.0 Å². The van der Waals surface area contributed by atoms with E-state index < -0.39 is 0 Å². The summed E-state index contributed by atoms with van der Waals surface area (Å²) in [5.41, 5.74) is 2.24. The molecule has 0 saturated heterocycles. The van der Waals surface area contributed by atoms with E-state index in [2.05, 4.69) is 26.8 Å². The van der Waals surface area contributed by atoms with Crippen molar-refractivity contribution in [2.24, 2.45) is 5.41 Å². The Bertz CT molecular complexity index is 498. The third-order valence-electron chi connectivity index (χ3n) is 5.06. The van der Waals surface area contributed by atoms with Crippen molar-refractivity contribution in [1.29, 1.82) is 0 Å². The largest absolute Gasteiger partial charge is 0.487 e. The molecule has 0 bridgehead atoms. The van der Waals surface area contributed by atoms with E-state index in [-0.39, 0.29) is 17.1 Å². The number of aliphatic hydroxyl groups excluding tert-OH is 1. The Balaban J connectivity index is 1.85. The number of benzene rings is 1. The first-order chi connectivity index (χ1) is 9.40. The first-order valence-electron chi connectivity index (χ1n) is 7.90. The molecule has 1 saturated carbocycles. The van der Waals surface area contributed by atoms with Crippen LogP contribution in [-0.4, -0.2) is 10.7 Å². The first kappa shape index (κ1) is 13.9. The van der Waals surface area contributed by atoms with E-state index in [1.54, 1.807) is 0 Å². The molecule has 0 radical (unpaired) electrons. The fraction of sp³-hybridized carbons (Fsp3) is 0.667. The molecule has 1 aliphatic heterocycles. The van der Waals surface area contributed by atoms with Crippen molar-refractivity contribution in [1.82, 2.24) is 0 Å². The molecular formula is C18H26O2. The van der Waals surface area contributed by atoms with Crippen molar-refractivity contribution < 1.29 is 9.84 Å². The third-order valence-corrected chi connectivity index (χ3v) is 5.06. The fourth-order valence-electron chi connectivity index (χ4n) is 3.83. The lowest BCUT2D eigenvalue weighted by Gasteiger charge is -2.38. The number of rotatable bonds is 2. The van der Waals surface area contributed by atoms with Crippen molar-refractivity contribution >= 4 is 0 Å². The monoisotopic (exact) mass is 274 g/mol. The zero-order valence-corrected chi connectivity index (χ0v) is 12.9. The fourth-order valence-corrected chi connectivity index (χ4v) is 3.83. The van der Waals surface area contributed by atoms with Crippen LogP contribution >= 0.6 is 0 Å². The quantitative estimate of drug-likeness (QED) is 0.866. The van der Waals surface area contributed by atoms with Gasteiger partial charge in [-0.2, -0.15) is 0 Å². The summed E-state index contributed by atoms with van der Waals surface area (Å²) in [6, 6.07) is 6.24. The van der Waals surface area contributed by atoms with E-state index in [1.165, 1.54) is 24.8 Å². The molecule has 110 valence electrons. The highest BCUT2D eigenvalue weighted by Crippen LogP contribution is 2.46. The second-order valence-corrected chi connectivity index (χ2v) is 7.52. The predicted molar refractivity (Wildman–Crippen MR) is 81.0 cm³/mol. The number of fused-ring (bicyclic) bond motifs is 1. The topological polar surface area (TPSA) is 29.5 Å². The summed E-state index contributed by atoms with van der Waals surface area (Å²) >= 11 is 0. The van der Waals surface area contributed by atoms with Crippen molar-refractivity contribution in [2.75, 3.05) is 0 Å². The first-order valence-corrected chi connectivity index (χ1v) is 7.90. The predicted octanol–water partition coefficient (Wildman–Crippen LogP) is 4.40. The van der Waals surface area contributed by atoms with Crippen LogP contribution in [0.2, 0.25) is 0 Å². The van der Waals surface area contributed by atoms with Crippen molar-refractivity contribution in [3.05, 3.63) is 29.3 Å². The second kappa shape index (κ2) is 4.77. The van der Waals surface area contributed by atoms with Crippen LogP contribution in [0.25, 0.3) is 0 Å². The molecule has 3 rings (SSSR count). The highest BCUT2D eigenvalue weighted by Gasteiger charge is 2.36. The van der Waals surface area contributed by atoms with Gasteiger partial charge < -0.3 is 9.84 Å². The Kier molecular flexibility index (Phi) is 3.32. The molecule has 2 aliphatic rings. The van der Waals surface area contributed by atoms with Crippen LogP contribution in [0.5, 0.6) is 5.75 Å². The Morgan fingerprint density at radius 1 is 1.10 bits per heavy atom. The molecule has 0 spiro atoms. The highest BCUT2D eigenvalue weighted by molar-refractivity contribution is 5.42. The van der Waals surface area contributed by atoms with E-state index in [0.717, 1.165) is 30.6 Å². The van der Waals surface area contributed by atoms with Gasteiger partial charge in [0.05, 0.1) is 6.10 Å². The molecule has 1 atom stereocenters. The summed E-state index contributed by atoms with van der Waals surface area (Å²) in [4.78, 5) is 0. The Morgan fingerprint density at radius 2 is 1.80 bits per heavy atom. The highest BCUT2D eigenvalue weighted by atomic mass is 16.5. The van der Waals surface area contributed by atoms with Gasteiger partial charge in [0, 0.05) is 6.42 Å². The maximum atomic E-state index is 10.8. The second-order valence-electron chi connectivity index (χ2n) is 7.52. The molecule has 1 N–H and O–H groups in total. The van der Waals surface area contributed by atoms with E-state index >= 15 is 0 Å². The minimum absolute atomic E-state index is 0.0431. The zero-order chi connectivity index (χ0) is 14.4. The molecule has 1 aliphatic carbocycles. The summed E-state index contributed by atoms with van der Waals surface area (Å²) in [6.45, 7) is 6.47. The molecule has 1 unspecified atom stereocenters. The minimum Gasteiger partial charge on any atom is -0.487 e.